The first-order chi connectivity index (χ1) is 13.6. The van der Waals surface area contributed by atoms with Gasteiger partial charge in [0.1, 0.15) is 0 Å². The van der Waals surface area contributed by atoms with Gasteiger partial charge in [-0.05, 0) is 44.9 Å². The van der Waals surface area contributed by atoms with Gasteiger partial charge in [-0.2, -0.15) is 0 Å². The van der Waals surface area contributed by atoms with E-state index >= 15 is 0 Å². The standard InChI is InChI=1S/C23H31N3O2/c1-18-15-22(19(2)26(18)16-21-9-6-14-28-21)23(27)17-24-10-12-25(13-11-24)20-7-4-3-5-8-20/h3-5,7-8,15,21H,6,9-14,16-17H2,1-2H3/t21-/m0/s1. The van der Waals surface area contributed by atoms with Gasteiger partial charge in [0.25, 0.3) is 0 Å². The van der Waals surface area contributed by atoms with Crippen molar-refractivity contribution in [2.75, 3.05) is 44.2 Å². The molecule has 150 valence electrons. The highest BCUT2D eigenvalue weighted by Gasteiger charge is 2.24. The largest absolute Gasteiger partial charge is 0.376 e. The average Bonchev–Trinajstić information content (AvgIpc) is 3.33. The van der Waals surface area contributed by atoms with E-state index in [9.17, 15) is 4.79 Å². The van der Waals surface area contributed by atoms with Gasteiger partial charge in [-0.3, -0.25) is 9.69 Å². The van der Waals surface area contributed by atoms with Gasteiger partial charge in [-0.15, -0.1) is 0 Å². The zero-order valence-corrected chi connectivity index (χ0v) is 17.1. The van der Waals surface area contributed by atoms with Crippen LogP contribution in [0.5, 0.6) is 0 Å². The van der Waals surface area contributed by atoms with Gasteiger partial charge in [0.2, 0.25) is 0 Å². The van der Waals surface area contributed by atoms with E-state index in [1.807, 2.05) is 6.07 Å². The van der Waals surface area contributed by atoms with Crippen molar-refractivity contribution < 1.29 is 9.53 Å². The molecule has 2 aliphatic rings. The number of aryl methyl sites for hydroxylation is 1. The minimum Gasteiger partial charge on any atom is -0.376 e. The first kappa shape index (κ1) is 19.2. The molecule has 0 aliphatic carbocycles. The molecular formula is C23H31N3O2. The fourth-order valence-corrected chi connectivity index (χ4v) is 4.45. The Kier molecular flexibility index (Phi) is 5.83. The Morgan fingerprint density at radius 2 is 1.86 bits per heavy atom. The van der Waals surface area contributed by atoms with Crippen LogP contribution in [0.4, 0.5) is 5.69 Å². The molecule has 4 rings (SSSR count). The predicted octanol–water partition coefficient (Wildman–Crippen LogP) is 3.29. The van der Waals surface area contributed by atoms with Crippen molar-refractivity contribution in [3.8, 4) is 0 Å². The topological polar surface area (TPSA) is 37.7 Å². The number of aromatic nitrogens is 1. The van der Waals surface area contributed by atoms with Crippen molar-refractivity contribution in [3.63, 3.8) is 0 Å². The van der Waals surface area contributed by atoms with Gasteiger partial charge in [0.15, 0.2) is 5.78 Å². The zero-order valence-electron chi connectivity index (χ0n) is 17.1. The Labute approximate surface area is 167 Å². The maximum atomic E-state index is 13.0. The quantitative estimate of drug-likeness (QED) is 0.720. The van der Waals surface area contributed by atoms with E-state index < -0.39 is 0 Å². The van der Waals surface area contributed by atoms with E-state index in [1.165, 1.54) is 5.69 Å². The molecule has 28 heavy (non-hydrogen) atoms. The fraction of sp³-hybridized carbons (Fsp3) is 0.522. The van der Waals surface area contributed by atoms with Gasteiger partial charge in [-0.1, -0.05) is 18.2 Å². The number of hydrogen-bond acceptors (Lipinski definition) is 4. The number of nitrogens with zero attached hydrogens (tertiary/aromatic N) is 3. The highest BCUT2D eigenvalue weighted by molar-refractivity contribution is 5.99. The molecule has 1 aromatic carbocycles. The number of hydrogen-bond donors (Lipinski definition) is 0. The molecule has 5 nitrogen and oxygen atoms in total. The normalized spacial score (nSPS) is 20.6. The van der Waals surface area contributed by atoms with Crippen molar-refractivity contribution in [2.24, 2.45) is 0 Å². The number of carbonyl (C=O) groups excluding carboxylic acids is 1. The minimum absolute atomic E-state index is 0.236. The number of benzene rings is 1. The van der Waals surface area contributed by atoms with Gasteiger partial charge in [0.05, 0.1) is 12.6 Å². The average molecular weight is 382 g/mol. The summed E-state index contributed by atoms with van der Waals surface area (Å²) in [5, 5.41) is 0. The van der Waals surface area contributed by atoms with Crippen LogP contribution in [0.25, 0.3) is 0 Å². The molecule has 3 heterocycles. The fourth-order valence-electron chi connectivity index (χ4n) is 4.45. The predicted molar refractivity (Wildman–Crippen MR) is 112 cm³/mol. The summed E-state index contributed by atoms with van der Waals surface area (Å²) < 4.78 is 8.05. The summed E-state index contributed by atoms with van der Waals surface area (Å²) >= 11 is 0. The Morgan fingerprint density at radius 3 is 2.54 bits per heavy atom. The maximum absolute atomic E-state index is 13.0. The number of anilines is 1. The van der Waals surface area contributed by atoms with Crippen molar-refractivity contribution in [3.05, 3.63) is 53.3 Å². The van der Waals surface area contributed by atoms with Gasteiger partial charge in [-0.25, -0.2) is 0 Å². The second-order valence-electron chi connectivity index (χ2n) is 8.05. The molecule has 0 N–H and O–H groups in total. The van der Waals surface area contributed by atoms with Gasteiger partial charge in [0, 0.05) is 62.0 Å². The third kappa shape index (κ3) is 4.15. The Balaban J connectivity index is 1.35. The summed E-state index contributed by atoms with van der Waals surface area (Å²) in [5.41, 5.74) is 4.39. The Hall–Kier alpha value is -2.11. The van der Waals surface area contributed by atoms with Crippen LogP contribution in [0.2, 0.25) is 0 Å². The van der Waals surface area contributed by atoms with E-state index in [2.05, 4.69) is 58.5 Å². The number of ether oxygens (including phenoxy) is 1. The van der Waals surface area contributed by atoms with Crippen LogP contribution in [0.15, 0.2) is 36.4 Å². The number of ketones is 1. The monoisotopic (exact) mass is 381 g/mol. The van der Waals surface area contributed by atoms with Crippen LogP contribution in [0, 0.1) is 13.8 Å². The van der Waals surface area contributed by atoms with E-state index in [0.717, 1.165) is 69.1 Å². The summed E-state index contributed by atoms with van der Waals surface area (Å²) in [6, 6.07) is 12.6. The summed E-state index contributed by atoms with van der Waals surface area (Å²) in [6.45, 7) is 10.2. The van der Waals surface area contributed by atoms with Crippen LogP contribution >= 0.6 is 0 Å². The van der Waals surface area contributed by atoms with Crippen molar-refractivity contribution >= 4 is 11.5 Å². The van der Waals surface area contributed by atoms with Crippen LogP contribution in [0.1, 0.15) is 34.6 Å². The van der Waals surface area contributed by atoms with Crippen LogP contribution in [0.3, 0.4) is 0 Å². The molecule has 0 saturated carbocycles. The third-order valence-corrected chi connectivity index (χ3v) is 6.15. The molecule has 0 amide bonds. The first-order valence-corrected chi connectivity index (χ1v) is 10.5. The summed E-state index contributed by atoms with van der Waals surface area (Å²) in [6.07, 6.45) is 2.55. The minimum atomic E-state index is 0.236. The van der Waals surface area contributed by atoms with Gasteiger partial charge >= 0.3 is 0 Å². The lowest BCUT2D eigenvalue weighted by Crippen LogP contribution is -2.48. The molecule has 0 bridgehead atoms. The highest BCUT2D eigenvalue weighted by Crippen LogP contribution is 2.21. The molecule has 1 atom stereocenters. The smallest absolute Gasteiger partial charge is 0.178 e. The molecule has 0 unspecified atom stereocenters. The molecule has 2 saturated heterocycles. The second kappa shape index (κ2) is 8.50. The molecule has 2 aromatic rings. The summed E-state index contributed by atoms with van der Waals surface area (Å²) in [5.74, 6) is 0.236. The van der Waals surface area contributed by atoms with Crippen molar-refractivity contribution in [2.45, 2.75) is 39.3 Å². The first-order valence-electron chi connectivity index (χ1n) is 10.5. The number of para-hydroxylation sites is 1. The Morgan fingerprint density at radius 1 is 1.11 bits per heavy atom. The molecule has 0 radical (unpaired) electrons. The van der Waals surface area contributed by atoms with E-state index in [0.29, 0.717) is 12.6 Å². The highest BCUT2D eigenvalue weighted by atomic mass is 16.5. The van der Waals surface area contributed by atoms with Crippen LogP contribution in [-0.2, 0) is 11.3 Å². The SMILES string of the molecule is Cc1cc(C(=O)CN2CCN(c3ccccc3)CC2)c(C)n1C[C@@H]1CCCO1. The van der Waals surface area contributed by atoms with Crippen molar-refractivity contribution in [1.82, 2.24) is 9.47 Å². The molecule has 2 fully saturated rings. The van der Waals surface area contributed by atoms with E-state index in [1.54, 1.807) is 0 Å². The van der Waals surface area contributed by atoms with Crippen LogP contribution < -0.4 is 4.90 Å². The molecule has 0 spiro atoms. The summed E-state index contributed by atoms with van der Waals surface area (Å²) in [7, 11) is 0. The molecule has 5 heteroatoms. The van der Waals surface area contributed by atoms with E-state index in [4.69, 9.17) is 4.74 Å². The lowest BCUT2D eigenvalue weighted by molar-refractivity contribution is 0.0918. The van der Waals surface area contributed by atoms with Crippen LogP contribution in [-0.4, -0.2) is 60.7 Å². The lowest BCUT2D eigenvalue weighted by Gasteiger charge is -2.35. The Bertz CT molecular complexity index is 801. The second-order valence-corrected chi connectivity index (χ2v) is 8.05. The molecule has 2 aliphatic heterocycles. The lowest BCUT2D eigenvalue weighted by atomic mass is 10.1. The number of rotatable bonds is 6. The third-order valence-electron chi connectivity index (χ3n) is 6.15. The van der Waals surface area contributed by atoms with Gasteiger partial charge < -0.3 is 14.2 Å². The number of piperazine rings is 1. The molecular weight excluding hydrogens is 350 g/mol. The molecule has 1 aromatic heterocycles. The number of carbonyl (C=O) groups is 1. The number of Topliss-reactive ketones (excluding diaryl/α,β-unsaturated/α-hetero) is 1. The maximum Gasteiger partial charge on any atom is 0.178 e. The zero-order chi connectivity index (χ0) is 19.5. The van der Waals surface area contributed by atoms with Crippen molar-refractivity contribution in [1.29, 1.82) is 0 Å². The summed E-state index contributed by atoms with van der Waals surface area (Å²) in [4.78, 5) is 17.7. The van der Waals surface area contributed by atoms with E-state index in [-0.39, 0.29) is 5.78 Å².